The zero-order valence-electron chi connectivity index (χ0n) is 11.5. The van der Waals surface area contributed by atoms with E-state index in [1.54, 1.807) is 24.3 Å². The van der Waals surface area contributed by atoms with Gasteiger partial charge in [0.05, 0.1) is 24.1 Å². The number of nitrogens with two attached hydrogens (primary N) is 1. The molecule has 0 spiro atoms. The Bertz CT molecular complexity index is 625. The summed E-state index contributed by atoms with van der Waals surface area (Å²) in [6.07, 6.45) is 0. The Morgan fingerprint density at radius 1 is 1.15 bits per heavy atom. The van der Waals surface area contributed by atoms with Crippen molar-refractivity contribution in [2.45, 2.75) is 13.8 Å². The van der Waals surface area contributed by atoms with E-state index in [0.717, 1.165) is 5.56 Å². The van der Waals surface area contributed by atoms with Gasteiger partial charge in [-0.3, -0.25) is 14.5 Å². The number of anilines is 1. The number of amides is 2. The van der Waals surface area contributed by atoms with Crippen LogP contribution in [0.25, 0.3) is 0 Å². The van der Waals surface area contributed by atoms with Crippen LogP contribution < -0.4 is 10.6 Å². The first-order valence-corrected chi connectivity index (χ1v) is 6.65. The maximum atomic E-state index is 12.3. The molecule has 1 saturated carbocycles. The van der Waals surface area contributed by atoms with Crippen molar-refractivity contribution in [3.05, 3.63) is 29.8 Å². The summed E-state index contributed by atoms with van der Waals surface area (Å²) in [5, 5.41) is 0. The summed E-state index contributed by atoms with van der Waals surface area (Å²) >= 11 is 0. The molecule has 2 amide bonds. The smallest absolute Gasteiger partial charge is 0.238 e. The van der Waals surface area contributed by atoms with E-state index in [9.17, 15) is 9.59 Å². The molecular weight excluding hydrogens is 252 g/mol. The molecule has 1 saturated heterocycles. The van der Waals surface area contributed by atoms with E-state index in [4.69, 9.17) is 5.73 Å². The lowest BCUT2D eigenvalue weighted by atomic mass is 10.0. The number of carbonyl (C=O) groups excluding carboxylic acids is 2. The largest absolute Gasteiger partial charge is 0.320 e. The normalized spacial score (nSPS) is 26.1. The van der Waals surface area contributed by atoms with Crippen LogP contribution in [0.2, 0.25) is 0 Å². The van der Waals surface area contributed by atoms with Crippen LogP contribution in [0.15, 0.2) is 24.3 Å². The Balaban J connectivity index is 1.85. The molecule has 1 aromatic rings. The SMILES string of the molecule is CC1(C)C2C(=O)N(c3ccc(C#CCN)cc3)C(=O)C21. The van der Waals surface area contributed by atoms with Crippen molar-refractivity contribution in [2.75, 3.05) is 11.4 Å². The van der Waals surface area contributed by atoms with Gasteiger partial charge in [-0.1, -0.05) is 25.7 Å². The number of nitrogens with zero attached hydrogens (tertiary/aromatic N) is 1. The van der Waals surface area contributed by atoms with Crippen LogP contribution in [0.3, 0.4) is 0 Å². The molecule has 20 heavy (non-hydrogen) atoms. The van der Waals surface area contributed by atoms with E-state index in [2.05, 4.69) is 11.8 Å². The zero-order chi connectivity index (χ0) is 14.5. The maximum absolute atomic E-state index is 12.3. The lowest BCUT2D eigenvalue weighted by Gasteiger charge is -2.20. The third-order valence-electron chi connectivity index (χ3n) is 4.26. The van der Waals surface area contributed by atoms with Gasteiger partial charge in [0.15, 0.2) is 0 Å². The standard InChI is InChI=1S/C16H16N2O2/c1-16(2)12-13(16)15(20)18(14(12)19)11-7-5-10(6-8-11)4-3-9-17/h5-8,12-13H,9,17H2,1-2H3. The summed E-state index contributed by atoms with van der Waals surface area (Å²) in [6.45, 7) is 4.26. The van der Waals surface area contributed by atoms with Gasteiger partial charge in [-0.25, -0.2) is 0 Å². The van der Waals surface area contributed by atoms with Gasteiger partial charge in [-0.15, -0.1) is 0 Å². The second-order valence-electron chi connectivity index (χ2n) is 5.84. The van der Waals surface area contributed by atoms with Gasteiger partial charge in [0, 0.05) is 5.56 Å². The third-order valence-corrected chi connectivity index (χ3v) is 4.26. The van der Waals surface area contributed by atoms with E-state index in [0.29, 0.717) is 12.2 Å². The summed E-state index contributed by atoms with van der Waals surface area (Å²) in [6, 6.07) is 7.11. The maximum Gasteiger partial charge on any atom is 0.238 e. The molecular formula is C16H16N2O2. The van der Waals surface area contributed by atoms with Crippen LogP contribution in [-0.4, -0.2) is 18.4 Å². The number of hydrogen-bond donors (Lipinski definition) is 1. The highest BCUT2D eigenvalue weighted by Crippen LogP contribution is 2.63. The number of fused-ring (bicyclic) bond motifs is 1. The fourth-order valence-electron chi connectivity index (χ4n) is 3.05. The second kappa shape index (κ2) is 4.19. The molecule has 1 heterocycles. The molecule has 2 aliphatic rings. The lowest BCUT2D eigenvalue weighted by molar-refractivity contribution is -0.125. The quantitative estimate of drug-likeness (QED) is 0.613. The van der Waals surface area contributed by atoms with Crippen molar-refractivity contribution in [1.82, 2.24) is 0 Å². The first-order chi connectivity index (χ1) is 9.48. The summed E-state index contributed by atoms with van der Waals surface area (Å²) in [7, 11) is 0. The van der Waals surface area contributed by atoms with E-state index < -0.39 is 0 Å². The first kappa shape index (κ1) is 12.9. The molecule has 102 valence electrons. The summed E-state index contributed by atoms with van der Waals surface area (Å²) in [5.41, 5.74) is 6.60. The zero-order valence-corrected chi connectivity index (χ0v) is 11.5. The molecule has 2 N–H and O–H groups in total. The Labute approximate surface area is 117 Å². The first-order valence-electron chi connectivity index (χ1n) is 6.65. The van der Waals surface area contributed by atoms with Crippen LogP contribution in [0.5, 0.6) is 0 Å². The van der Waals surface area contributed by atoms with E-state index in [1.165, 1.54) is 4.90 Å². The average Bonchev–Trinajstić information content (AvgIpc) is 2.88. The highest BCUT2D eigenvalue weighted by molar-refractivity contribution is 6.25. The Hall–Kier alpha value is -2.12. The van der Waals surface area contributed by atoms with Crippen LogP contribution >= 0.6 is 0 Å². The van der Waals surface area contributed by atoms with Gasteiger partial charge >= 0.3 is 0 Å². The van der Waals surface area contributed by atoms with Crippen molar-refractivity contribution in [3.63, 3.8) is 0 Å². The van der Waals surface area contributed by atoms with Gasteiger partial charge in [-0.05, 0) is 29.7 Å². The summed E-state index contributed by atoms with van der Waals surface area (Å²) in [4.78, 5) is 25.9. The molecule has 1 aromatic carbocycles. The molecule has 4 nitrogen and oxygen atoms in total. The predicted molar refractivity (Wildman–Crippen MR) is 75.6 cm³/mol. The summed E-state index contributed by atoms with van der Waals surface area (Å²) < 4.78 is 0. The van der Waals surface area contributed by atoms with E-state index in [-0.39, 0.29) is 29.1 Å². The Morgan fingerprint density at radius 2 is 1.70 bits per heavy atom. The van der Waals surface area contributed by atoms with Crippen molar-refractivity contribution in [3.8, 4) is 11.8 Å². The van der Waals surface area contributed by atoms with Crippen molar-refractivity contribution < 1.29 is 9.59 Å². The van der Waals surface area contributed by atoms with E-state index >= 15 is 0 Å². The van der Waals surface area contributed by atoms with E-state index in [1.807, 2.05) is 13.8 Å². The molecule has 2 atom stereocenters. The third kappa shape index (κ3) is 1.67. The molecule has 4 heteroatoms. The topological polar surface area (TPSA) is 63.4 Å². The molecule has 3 rings (SSSR count). The number of hydrogen-bond acceptors (Lipinski definition) is 3. The van der Waals surface area contributed by atoms with Crippen LogP contribution in [0, 0.1) is 29.1 Å². The van der Waals surface area contributed by atoms with Crippen LogP contribution in [-0.2, 0) is 9.59 Å². The minimum atomic E-state index is -0.169. The summed E-state index contributed by atoms with van der Waals surface area (Å²) in [5.74, 6) is 5.23. The molecule has 0 radical (unpaired) electrons. The second-order valence-corrected chi connectivity index (χ2v) is 5.84. The predicted octanol–water partition coefficient (Wildman–Crippen LogP) is 1.14. The van der Waals surface area contributed by atoms with Gasteiger partial charge in [0.2, 0.25) is 11.8 Å². The van der Waals surface area contributed by atoms with Gasteiger partial charge < -0.3 is 5.73 Å². The highest BCUT2D eigenvalue weighted by Gasteiger charge is 2.72. The molecule has 2 unspecified atom stereocenters. The number of benzene rings is 1. The highest BCUT2D eigenvalue weighted by atomic mass is 16.2. The number of rotatable bonds is 1. The van der Waals surface area contributed by atoms with Gasteiger partial charge in [0.1, 0.15) is 0 Å². The van der Waals surface area contributed by atoms with Crippen molar-refractivity contribution >= 4 is 17.5 Å². The Morgan fingerprint density at radius 3 is 2.20 bits per heavy atom. The molecule has 1 aliphatic carbocycles. The molecule has 0 bridgehead atoms. The molecule has 2 fully saturated rings. The lowest BCUT2D eigenvalue weighted by Crippen LogP contribution is -2.36. The number of imide groups is 1. The molecule has 0 aromatic heterocycles. The van der Waals surface area contributed by atoms with Gasteiger partial charge in [0.25, 0.3) is 0 Å². The fourth-order valence-corrected chi connectivity index (χ4v) is 3.05. The minimum Gasteiger partial charge on any atom is -0.320 e. The van der Waals surface area contributed by atoms with Gasteiger partial charge in [-0.2, -0.15) is 0 Å². The Kier molecular flexibility index (Phi) is 2.70. The van der Waals surface area contributed by atoms with Crippen molar-refractivity contribution in [1.29, 1.82) is 0 Å². The number of piperidine rings is 1. The molecule has 1 aliphatic heterocycles. The average molecular weight is 268 g/mol. The fraction of sp³-hybridized carbons (Fsp3) is 0.375. The monoisotopic (exact) mass is 268 g/mol. The van der Waals surface area contributed by atoms with Crippen LogP contribution in [0.4, 0.5) is 5.69 Å². The minimum absolute atomic E-state index is 0.0780. The van der Waals surface area contributed by atoms with Crippen LogP contribution in [0.1, 0.15) is 19.4 Å². The number of carbonyl (C=O) groups is 2. The van der Waals surface area contributed by atoms with Crippen molar-refractivity contribution in [2.24, 2.45) is 23.0 Å².